The number of aromatic amines is 1. The zero-order valence-corrected chi connectivity index (χ0v) is 15.0. The first-order valence-electron chi connectivity index (χ1n) is 8.23. The highest BCUT2D eigenvalue weighted by atomic mass is 32.1. The van der Waals surface area contributed by atoms with Crippen molar-refractivity contribution >= 4 is 50.0 Å². The molecule has 0 spiro atoms. The number of aryl methyl sites for hydroxylation is 1. The number of nitrogens with zero attached hydrogens (tertiary/aromatic N) is 3. The number of anilines is 3. The minimum Gasteiger partial charge on any atom is -0.359 e. The molecule has 1 aromatic carbocycles. The van der Waals surface area contributed by atoms with E-state index in [1.807, 2.05) is 36.6 Å². The molecule has 4 rings (SSSR count). The molecule has 10 heteroatoms. The van der Waals surface area contributed by atoms with Crippen LogP contribution in [0.4, 0.5) is 30.6 Å². The first-order valence-corrected chi connectivity index (χ1v) is 9.11. The van der Waals surface area contributed by atoms with E-state index in [0.29, 0.717) is 23.4 Å². The van der Waals surface area contributed by atoms with Gasteiger partial charge in [0.15, 0.2) is 11.5 Å². The Labute approximate surface area is 155 Å². The van der Waals surface area contributed by atoms with Gasteiger partial charge in [-0.15, -0.1) is 11.3 Å². The molecule has 3 heterocycles. The van der Waals surface area contributed by atoms with Crippen molar-refractivity contribution in [2.24, 2.45) is 0 Å². The van der Waals surface area contributed by atoms with Gasteiger partial charge in [0.05, 0.1) is 0 Å². The Bertz CT molecular complexity index is 1100. The first-order chi connectivity index (χ1) is 12.9. The topological polar surface area (TPSA) is 78.5 Å². The SMILES string of the molecule is CCc1nc2nc(Nc3ccc4ccsc4c3)nc(NCC(F)(F)F)c2[nH]1. The molecule has 0 bridgehead atoms. The maximum absolute atomic E-state index is 12.6. The summed E-state index contributed by atoms with van der Waals surface area (Å²) in [7, 11) is 0. The monoisotopic (exact) mass is 392 g/mol. The summed E-state index contributed by atoms with van der Waals surface area (Å²) in [6, 6.07) is 7.78. The van der Waals surface area contributed by atoms with Crippen LogP contribution in [0, 0.1) is 0 Å². The summed E-state index contributed by atoms with van der Waals surface area (Å²) in [5.41, 5.74) is 1.42. The number of nitrogens with one attached hydrogen (secondary N) is 3. The van der Waals surface area contributed by atoms with Gasteiger partial charge in [-0.3, -0.25) is 0 Å². The molecule has 0 amide bonds. The number of imidazole rings is 1. The third kappa shape index (κ3) is 3.80. The number of rotatable bonds is 5. The standard InChI is InChI=1S/C17H15F3N6S/c1-2-12-23-13-14(21-8-17(18,19)20)25-16(26-15(13)24-12)22-10-4-3-9-5-6-27-11(9)7-10/h3-7H,2,8H2,1H3,(H3,21,22,23,24,25,26). The molecule has 0 saturated heterocycles. The van der Waals surface area contributed by atoms with E-state index in [2.05, 4.69) is 30.6 Å². The highest BCUT2D eigenvalue weighted by molar-refractivity contribution is 7.17. The second-order valence-corrected chi connectivity index (χ2v) is 6.85. The molecule has 140 valence electrons. The van der Waals surface area contributed by atoms with Crippen LogP contribution in [0.1, 0.15) is 12.7 Å². The number of benzene rings is 1. The Morgan fingerprint density at radius 1 is 1.15 bits per heavy atom. The number of hydrogen-bond acceptors (Lipinski definition) is 6. The van der Waals surface area contributed by atoms with E-state index in [1.54, 1.807) is 11.3 Å². The van der Waals surface area contributed by atoms with Crippen LogP contribution in [0.5, 0.6) is 0 Å². The number of H-pyrrole nitrogens is 1. The fourth-order valence-corrected chi connectivity index (χ4v) is 3.47. The lowest BCUT2D eigenvalue weighted by molar-refractivity contribution is -0.115. The van der Waals surface area contributed by atoms with Crippen molar-refractivity contribution in [3.63, 3.8) is 0 Å². The molecule has 3 aromatic heterocycles. The van der Waals surface area contributed by atoms with Crippen molar-refractivity contribution in [1.29, 1.82) is 0 Å². The minimum atomic E-state index is -4.36. The lowest BCUT2D eigenvalue weighted by atomic mass is 10.2. The summed E-state index contributed by atoms with van der Waals surface area (Å²) >= 11 is 1.60. The van der Waals surface area contributed by atoms with Gasteiger partial charge in [0.1, 0.15) is 17.9 Å². The van der Waals surface area contributed by atoms with Gasteiger partial charge < -0.3 is 15.6 Å². The molecule has 0 radical (unpaired) electrons. The van der Waals surface area contributed by atoms with Crippen molar-refractivity contribution in [3.8, 4) is 0 Å². The molecular formula is C17H15F3N6S. The van der Waals surface area contributed by atoms with Gasteiger partial charge in [-0.05, 0) is 29.0 Å². The molecule has 27 heavy (non-hydrogen) atoms. The normalized spacial score (nSPS) is 12.0. The summed E-state index contributed by atoms with van der Waals surface area (Å²) in [6.07, 6.45) is -3.75. The number of fused-ring (bicyclic) bond motifs is 2. The second kappa shape index (κ2) is 6.69. The van der Waals surface area contributed by atoms with E-state index in [0.717, 1.165) is 15.8 Å². The maximum atomic E-state index is 12.6. The van der Waals surface area contributed by atoms with Crippen LogP contribution >= 0.6 is 11.3 Å². The zero-order chi connectivity index (χ0) is 19.0. The Morgan fingerprint density at radius 2 is 2.00 bits per heavy atom. The maximum Gasteiger partial charge on any atom is 0.405 e. The highest BCUT2D eigenvalue weighted by Gasteiger charge is 2.27. The molecule has 0 aliphatic rings. The van der Waals surface area contributed by atoms with E-state index >= 15 is 0 Å². The average Bonchev–Trinajstić information content (AvgIpc) is 3.24. The van der Waals surface area contributed by atoms with Crippen LogP contribution in [-0.2, 0) is 6.42 Å². The first kappa shape index (κ1) is 17.5. The van der Waals surface area contributed by atoms with Crippen LogP contribution in [0.15, 0.2) is 29.6 Å². The van der Waals surface area contributed by atoms with E-state index in [1.165, 1.54) is 0 Å². The van der Waals surface area contributed by atoms with Gasteiger partial charge in [0, 0.05) is 16.8 Å². The van der Waals surface area contributed by atoms with Gasteiger partial charge in [-0.25, -0.2) is 4.98 Å². The smallest absolute Gasteiger partial charge is 0.359 e. The summed E-state index contributed by atoms with van der Waals surface area (Å²) < 4.78 is 39.0. The number of aromatic nitrogens is 4. The van der Waals surface area contributed by atoms with Gasteiger partial charge >= 0.3 is 6.18 Å². The molecule has 0 atom stereocenters. The molecule has 6 nitrogen and oxygen atoms in total. The van der Waals surface area contributed by atoms with Crippen LogP contribution in [0.25, 0.3) is 21.3 Å². The van der Waals surface area contributed by atoms with Crippen LogP contribution < -0.4 is 10.6 Å². The number of alkyl halides is 3. The van der Waals surface area contributed by atoms with Crippen molar-refractivity contribution in [3.05, 3.63) is 35.5 Å². The van der Waals surface area contributed by atoms with E-state index in [-0.39, 0.29) is 11.8 Å². The predicted molar refractivity (Wildman–Crippen MR) is 101 cm³/mol. The quantitative estimate of drug-likeness (QED) is 0.453. The van der Waals surface area contributed by atoms with Gasteiger partial charge in [0.25, 0.3) is 0 Å². The summed E-state index contributed by atoms with van der Waals surface area (Å²) in [5.74, 6) is 0.868. The molecule has 0 fully saturated rings. The molecular weight excluding hydrogens is 377 g/mol. The van der Waals surface area contributed by atoms with E-state index < -0.39 is 12.7 Å². The zero-order valence-electron chi connectivity index (χ0n) is 14.2. The van der Waals surface area contributed by atoms with Gasteiger partial charge in [0.2, 0.25) is 5.95 Å². The Morgan fingerprint density at radius 3 is 2.78 bits per heavy atom. The summed E-state index contributed by atoms with van der Waals surface area (Å²) in [6.45, 7) is 0.698. The second-order valence-electron chi connectivity index (χ2n) is 5.90. The Kier molecular flexibility index (Phi) is 4.34. The molecule has 0 aliphatic carbocycles. The van der Waals surface area contributed by atoms with Crippen LogP contribution in [-0.4, -0.2) is 32.7 Å². The summed E-state index contributed by atoms with van der Waals surface area (Å²) in [5, 5.41) is 8.50. The molecule has 0 aliphatic heterocycles. The third-order valence-electron chi connectivity index (χ3n) is 3.90. The van der Waals surface area contributed by atoms with Crippen molar-refractivity contribution in [1.82, 2.24) is 19.9 Å². The molecule has 3 N–H and O–H groups in total. The Balaban J connectivity index is 1.70. The molecule has 0 unspecified atom stereocenters. The largest absolute Gasteiger partial charge is 0.405 e. The van der Waals surface area contributed by atoms with Crippen molar-refractivity contribution in [2.45, 2.75) is 19.5 Å². The minimum absolute atomic E-state index is 0.0595. The number of halogens is 3. The van der Waals surface area contributed by atoms with E-state index in [9.17, 15) is 13.2 Å². The number of thiophene rings is 1. The van der Waals surface area contributed by atoms with Crippen LogP contribution in [0.2, 0.25) is 0 Å². The number of hydrogen-bond donors (Lipinski definition) is 3. The fourth-order valence-electron chi connectivity index (χ4n) is 2.64. The van der Waals surface area contributed by atoms with Crippen LogP contribution in [0.3, 0.4) is 0 Å². The lowest BCUT2D eigenvalue weighted by Crippen LogP contribution is -2.22. The average molecular weight is 392 g/mol. The van der Waals surface area contributed by atoms with Crippen molar-refractivity contribution in [2.75, 3.05) is 17.2 Å². The van der Waals surface area contributed by atoms with Gasteiger partial charge in [-0.1, -0.05) is 13.0 Å². The molecule has 4 aromatic rings. The fraction of sp³-hybridized carbons (Fsp3) is 0.235. The van der Waals surface area contributed by atoms with Gasteiger partial charge in [-0.2, -0.15) is 23.1 Å². The Hall–Kier alpha value is -2.88. The molecule has 0 saturated carbocycles. The predicted octanol–water partition coefficient (Wildman–Crippen LogP) is 4.85. The van der Waals surface area contributed by atoms with Crippen molar-refractivity contribution < 1.29 is 13.2 Å². The lowest BCUT2D eigenvalue weighted by Gasteiger charge is -2.11. The highest BCUT2D eigenvalue weighted by Crippen LogP contribution is 2.27. The summed E-state index contributed by atoms with van der Waals surface area (Å²) in [4.78, 5) is 15.8. The van der Waals surface area contributed by atoms with E-state index in [4.69, 9.17) is 0 Å². The third-order valence-corrected chi connectivity index (χ3v) is 4.78.